The van der Waals surface area contributed by atoms with Crippen molar-refractivity contribution in [3.05, 3.63) is 0 Å². The van der Waals surface area contributed by atoms with Crippen LogP contribution in [0.4, 0.5) is 0 Å². The molecule has 0 unspecified atom stereocenters. The lowest BCUT2D eigenvalue weighted by Crippen LogP contribution is -2.04. The highest BCUT2D eigenvalue weighted by atomic mass is 14.8. The normalized spacial score (nSPS) is 7.00. The second-order valence-electron chi connectivity index (χ2n) is 1.66. The average molecular weight is 136 g/mol. The van der Waals surface area contributed by atoms with Gasteiger partial charge >= 0.3 is 0 Å². The van der Waals surface area contributed by atoms with Gasteiger partial charge in [0, 0.05) is 0 Å². The van der Waals surface area contributed by atoms with Gasteiger partial charge in [0.25, 0.3) is 0 Å². The fourth-order valence-corrected chi connectivity index (χ4v) is 0.354. The van der Waals surface area contributed by atoms with Crippen LogP contribution in [0.3, 0.4) is 0 Å². The Morgan fingerprint density at radius 1 is 0.900 bits per heavy atom. The topological polar surface area (TPSA) is 24.1 Å². The zero-order valence-corrected chi connectivity index (χ0v) is 6.41. The maximum Gasteiger partial charge on any atom is 0.0584 e. The van der Waals surface area contributed by atoms with Crippen LogP contribution < -0.4 is 10.6 Å². The highest BCUT2D eigenvalue weighted by Crippen LogP contribution is 1.53. The first-order chi connectivity index (χ1) is 4.91. The maximum atomic E-state index is 2.90. The van der Waals surface area contributed by atoms with Gasteiger partial charge in [-0.3, -0.25) is 0 Å². The van der Waals surface area contributed by atoms with Gasteiger partial charge < -0.3 is 10.6 Å². The molecule has 0 aromatic rings. The van der Waals surface area contributed by atoms with Crippen LogP contribution in [0.5, 0.6) is 0 Å². The van der Waals surface area contributed by atoms with E-state index < -0.39 is 0 Å². The molecule has 0 fully saturated rings. The van der Waals surface area contributed by atoms with Crippen molar-refractivity contribution < 1.29 is 0 Å². The second kappa shape index (κ2) is 8.04. The molecule has 0 aliphatic carbocycles. The van der Waals surface area contributed by atoms with E-state index in [9.17, 15) is 0 Å². The van der Waals surface area contributed by atoms with Gasteiger partial charge in [0.15, 0.2) is 0 Å². The first-order valence-corrected chi connectivity index (χ1v) is 3.16. The fourth-order valence-electron chi connectivity index (χ4n) is 0.354. The van der Waals surface area contributed by atoms with Crippen molar-refractivity contribution in [3.63, 3.8) is 0 Å². The van der Waals surface area contributed by atoms with Crippen molar-refractivity contribution in [3.8, 4) is 23.7 Å². The molecular formula is C8H12N2. The monoisotopic (exact) mass is 136 g/mol. The highest BCUT2D eigenvalue weighted by Gasteiger charge is 1.64. The van der Waals surface area contributed by atoms with E-state index in [1.807, 2.05) is 14.1 Å². The van der Waals surface area contributed by atoms with Crippen molar-refractivity contribution in [1.82, 2.24) is 10.6 Å². The fraction of sp³-hybridized carbons (Fsp3) is 0.500. The van der Waals surface area contributed by atoms with Crippen LogP contribution in [0.1, 0.15) is 0 Å². The van der Waals surface area contributed by atoms with Crippen LogP contribution in [0.2, 0.25) is 0 Å². The molecule has 0 atom stereocenters. The zero-order valence-electron chi connectivity index (χ0n) is 6.41. The van der Waals surface area contributed by atoms with Crippen molar-refractivity contribution in [1.29, 1.82) is 0 Å². The summed E-state index contributed by atoms with van der Waals surface area (Å²) in [6.45, 7) is 1.41. The van der Waals surface area contributed by atoms with E-state index in [-0.39, 0.29) is 0 Å². The predicted molar refractivity (Wildman–Crippen MR) is 43.4 cm³/mol. The highest BCUT2D eigenvalue weighted by molar-refractivity contribution is 5.26. The summed E-state index contributed by atoms with van der Waals surface area (Å²) in [4.78, 5) is 0. The summed E-state index contributed by atoms with van der Waals surface area (Å²) in [6, 6.07) is 0. The van der Waals surface area contributed by atoms with Gasteiger partial charge in [0.05, 0.1) is 13.1 Å². The third-order valence-corrected chi connectivity index (χ3v) is 0.770. The smallest absolute Gasteiger partial charge is 0.0584 e. The first-order valence-electron chi connectivity index (χ1n) is 3.16. The standard InChI is InChI=1S/C8H12N2/c1-9-7-5-3-4-6-8-10-2/h9-10H,7-8H2,1-2H3. The minimum Gasteiger partial charge on any atom is -0.309 e. The van der Waals surface area contributed by atoms with Crippen LogP contribution in [0.25, 0.3) is 0 Å². The molecule has 0 aliphatic heterocycles. The van der Waals surface area contributed by atoms with Crippen LogP contribution in [-0.2, 0) is 0 Å². The lowest BCUT2D eigenvalue weighted by molar-refractivity contribution is 0.937. The van der Waals surface area contributed by atoms with E-state index in [1.54, 1.807) is 0 Å². The lowest BCUT2D eigenvalue weighted by Gasteiger charge is -1.79. The van der Waals surface area contributed by atoms with Crippen LogP contribution in [-0.4, -0.2) is 27.2 Å². The van der Waals surface area contributed by atoms with E-state index in [0.717, 1.165) is 0 Å². The van der Waals surface area contributed by atoms with Crippen LogP contribution in [0, 0.1) is 23.7 Å². The number of hydrogen-bond acceptors (Lipinski definition) is 2. The molecule has 2 N–H and O–H groups in total. The molecule has 2 nitrogen and oxygen atoms in total. The van der Waals surface area contributed by atoms with E-state index in [2.05, 4.69) is 34.3 Å². The average Bonchev–Trinajstić information content (AvgIpc) is 1.97. The molecule has 0 aromatic carbocycles. The summed E-state index contributed by atoms with van der Waals surface area (Å²) in [6.07, 6.45) is 0. The quantitative estimate of drug-likeness (QED) is 0.497. The number of nitrogens with one attached hydrogen (secondary N) is 2. The molecule has 0 rings (SSSR count). The molecule has 0 heterocycles. The predicted octanol–water partition coefficient (Wildman–Crippen LogP) is -0.568. The molecule has 10 heavy (non-hydrogen) atoms. The molecule has 0 aromatic heterocycles. The van der Waals surface area contributed by atoms with Gasteiger partial charge in [-0.15, -0.1) is 0 Å². The van der Waals surface area contributed by atoms with Crippen LogP contribution in [0.15, 0.2) is 0 Å². The first kappa shape index (κ1) is 9.04. The Labute approximate surface area is 62.4 Å². The largest absolute Gasteiger partial charge is 0.309 e. The Bertz CT molecular complexity index is 153. The Morgan fingerprint density at radius 3 is 1.60 bits per heavy atom. The molecule has 2 heteroatoms. The second-order valence-corrected chi connectivity index (χ2v) is 1.66. The summed E-state index contributed by atoms with van der Waals surface area (Å²) in [5.74, 6) is 11.1. The lowest BCUT2D eigenvalue weighted by atomic mass is 10.5. The maximum absolute atomic E-state index is 2.90. The molecule has 0 radical (unpaired) electrons. The Morgan fingerprint density at radius 2 is 1.30 bits per heavy atom. The zero-order chi connectivity index (χ0) is 7.66. The third-order valence-electron chi connectivity index (χ3n) is 0.770. The van der Waals surface area contributed by atoms with Crippen molar-refractivity contribution in [2.45, 2.75) is 0 Å². The van der Waals surface area contributed by atoms with E-state index in [1.165, 1.54) is 0 Å². The summed E-state index contributed by atoms with van der Waals surface area (Å²) in [5.41, 5.74) is 0. The molecule has 0 aliphatic rings. The van der Waals surface area contributed by atoms with Crippen molar-refractivity contribution in [2.24, 2.45) is 0 Å². The minimum absolute atomic E-state index is 0.703. The molecular weight excluding hydrogens is 124 g/mol. The Balaban J connectivity index is 3.36. The van der Waals surface area contributed by atoms with Crippen molar-refractivity contribution >= 4 is 0 Å². The summed E-state index contributed by atoms with van der Waals surface area (Å²) < 4.78 is 0. The van der Waals surface area contributed by atoms with Gasteiger partial charge in [0.1, 0.15) is 0 Å². The third kappa shape index (κ3) is 7.04. The van der Waals surface area contributed by atoms with Gasteiger partial charge in [-0.25, -0.2) is 0 Å². The Kier molecular flexibility index (Phi) is 7.27. The van der Waals surface area contributed by atoms with E-state index in [4.69, 9.17) is 0 Å². The molecule has 54 valence electrons. The molecule has 0 spiro atoms. The molecule has 0 amide bonds. The number of hydrogen-bond donors (Lipinski definition) is 2. The van der Waals surface area contributed by atoms with Crippen LogP contribution >= 0.6 is 0 Å². The SMILES string of the molecule is CNCC#CC#CCNC. The molecule has 0 saturated carbocycles. The number of rotatable bonds is 2. The minimum atomic E-state index is 0.703. The molecule has 0 bridgehead atoms. The summed E-state index contributed by atoms with van der Waals surface area (Å²) in [7, 11) is 3.71. The van der Waals surface area contributed by atoms with Gasteiger partial charge in [-0.1, -0.05) is 11.8 Å². The van der Waals surface area contributed by atoms with Crippen molar-refractivity contribution in [2.75, 3.05) is 27.2 Å². The Hall–Kier alpha value is -0.960. The van der Waals surface area contributed by atoms with Gasteiger partial charge in [0.2, 0.25) is 0 Å². The summed E-state index contributed by atoms with van der Waals surface area (Å²) in [5, 5.41) is 5.80. The van der Waals surface area contributed by atoms with E-state index >= 15 is 0 Å². The summed E-state index contributed by atoms with van der Waals surface area (Å²) >= 11 is 0. The van der Waals surface area contributed by atoms with Gasteiger partial charge in [-0.2, -0.15) is 0 Å². The molecule has 0 saturated heterocycles. The van der Waals surface area contributed by atoms with Gasteiger partial charge in [-0.05, 0) is 25.9 Å². The van der Waals surface area contributed by atoms with E-state index in [0.29, 0.717) is 13.1 Å².